The molecule has 31 heavy (non-hydrogen) atoms. The van der Waals surface area contributed by atoms with Crippen molar-refractivity contribution >= 4 is 12.2 Å². The predicted octanol–water partition coefficient (Wildman–Crippen LogP) is 2.86. The van der Waals surface area contributed by atoms with Crippen LogP contribution < -0.4 is 14.5 Å². The van der Waals surface area contributed by atoms with E-state index in [1.807, 2.05) is 33.0 Å². The summed E-state index contributed by atoms with van der Waals surface area (Å²) < 4.78 is 12.1. The number of aliphatic hydroxyl groups is 1. The molecule has 3 unspecified atom stereocenters. The van der Waals surface area contributed by atoms with Gasteiger partial charge in [-0.2, -0.15) is 0 Å². The maximum Gasteiger partial charge on any atom is 0.313 e. The largest absolute Gasteiger partial charge is 0.481 e. The molecule has 4 aliphatic rings. The van der Waals surface area contributed by atoms with E-state index in [2.05, 4.69) is 18.5 Å². The van der Waals surface area contributed by atoms with Crippen LogP contribution in [0.25, 0.3) is 0 Å². The minimum atomic E-state index is -1.05. The predicted molar refractivity (Wildman–Crippen MR) is 121 cm³/mol. The molecule has 2 fully saturated rings. The van der Waals surface area contributed by atoms with E-state index in [0.29, 0.717) is 24.3 Å². The molecule has 0 radical (unpaired) electrons. The Morgan fingerprint density at radius 3 is 2.65 bits per heavy atom. The maximum absolute atomic E-state index is 12.2. The van der Waals surface area contributed by atoms with Crippen LogP contribution in [0.1, 0.15) is 70.4 Å². The van der Waals surface area contributed by atoms with Crippen LogP contribution in [0.3, 0.4) is 0 Å². The van der Waals surface area contributed by atoms with E-state index in [-0.39, 0.29) is 18.0 Å². The molecule has 3 atom stereocenters. The highest BCUT2D eigenvalue weighted by molar-refractivity contribution is 5.78. The second kappa shape index (κ2) is 8.09. The van der Waals surface area contributed by atoms with Crippen LogP contribution in [0.15, 0.2) is 24.3 Å². The maximum atomic E-state index is 12.2. The summed E-state index contributed by atoms with van der Waals surface area (Å²) >= 11 is 0. The topological polar surface area (TPSA) is 69.7 Å². The van der Waals surface area contributed by atoms with Gasteiger partial charge in [-0.3, -0.25) is 9.79 Å². The normalized spacial score (nSPS) is 30.9. The molecular weight excluding hydrogens is 390 g/mol. The third kappa shape index (κ3) is 3.61. The van der Waals surface area contributed by atoms with Crippen molar-refractivity contribution in [1.82, 2.24) is 0 Å². The summed E-state index contributed by atoms with van der Waals surface area (Å²) in [6.07, 6.45) is 8.48. The fourth-order valence-corrected chi connectivity index (χ4v) is 5.29. The molecule has 5 rings (SSSR count). The molecule has 168 valence electrons. The Morgan fingerprint density at radius 2 is 2.03 bits per heavy atom. The van der Waals surface area contributed by atoms with E-state index < -0.39 is 11.0 Å². The molecule has 1 aliphatic heterocycles. The van der Waals surface area contributed by atoms with Gasteiger partial charge in [0.25, 0.3) is 0 Å². The van der Waals surface area contributed by atoms with Crippen LogP contribution in [-0.4, -0.2) is 36.0 Å². The fourth-order valence-electron chi connectivity index (χ4n) is 5.29. The van der Waals surface area contributed by atoms with Gasteiger partial charge in [-0.15, -0.1) is 0 Å². The Kier molecular flexibility index (Phi) is 5.76. The van der Waals surface area contributed by atoms with Crippen LogP contribution in [-0.2, 0) is 16.6 Å². The second-order valence-corrected chi connectivity index (χ2v) is 10.0. The smallest absolute Gasteiger partial charge is 0.313 e. The standard InChI is InChI=1S/C22H27NO4.C4H8/c1-13(2)20(24)26-16-8-7-15-6-5-10-22-17(15)18(16)27-19(22)14(3)9-11-21(22,25)12-23-4;1-4-2-3-4/h7-8,12-13,19,25H,3,5-6,9-11H2,1-2,4H3;4H,2-3H2,1H3/p+1. The van der Waals surface area contributed by atoms with Gasteiger partial charge < -0.3 is 14.6 Å². The first-order valence-electron chi connectivity index (χ1n) is 11.7. The number of aryl methyl sites for hydroxylation is 1. The highest BCUT2D eigenvalue weighted by atomic mass is 16.6. The summed E-state index contributed by atoms with van der Waals surface area (Å²) in [6.45, 7) is 10.2. The Hall–Kier alpha value is -2.14. The van der Waals surface area contributed by atoms with Crippen molar-refractivity contribution < 1.29 is 24.4 Å². The summed E-state index contributed by atoms with van der Waals surface area (Å²) in [4.78, 5) is 15.3. The third-order valence-electron chi connectivity index (χ3n) is 7.26. The molecule has 2 saturated carbocycles. The molecule has 5 heteroatoms. The Labute approximate surface area is 185 Å². The van der Waals surface area contributed by atoms with Crippen LogP contribution in [0.5, 0.6) is 11.5 Å². The molecule has 2 N–H and O–H groups in total. The van der Waals surface area contributed by atoms with Gasteiger partial charge in [-0.1, -0.05) is 46.3 Å². The molecule has 1 heterocycles. The number of hydrogen-bond donors (Lipinski definition) is 2. The van der Waals surface area contributed by atoms with Crippen molar-refractivity contribution in [3.05, 3.63) is 35.4 Å². The monoisotopic (exact) mass is 426 g/mol. The van der Waals surface area contributed by atoms with Crippen molar-refractivity contribution in [1.29, 1.82) is 0 Å². The van der Waals surface area contributed by atoms with Crippen LogP contribution >= 0.6 is 0 Å². The summed E-state index contributed by atoms with van der Waals surface area (Å²) in [5.74, 6) is 1.63. The molecular formula is C26H36NO4+. The van der Waals surface area contributed by atoms with Crippen molar-refractivity contribution in [2.45, 2.75) is 82.8 Å². The molecule has 1 aromatic rings. The zero-order valence-corrected chi connectivity index (χ0v) is 19.3. The molecule has 3 aliphatic carbocycles. The molecule has 0 bridgehead atoms. The Morgan fingerprint density at radius 1 is 1.32 bits per heavy atom. The quantitative estimate of drug-likeness (QED) is 0.338. The van der Waals surface area contributed by atoms with Gasteiger partial charge in [0.1, 0.15) is 13.2 Å². The van der Waals surface area contributed by atoms with Crippen molar-refractivity contribution in [3.8, 4) is 11.5 Å². The zero-order valence-electron chi connectivity index (χ0n) is 19.3. The van der Waals surface area contributed by atoms with E-state index in [1.165, 1.54) is 18.4 Å². The van der Waals surface area contributed by atoms with Gasteiger partial charge in [-0.05, 0) is 55.2 Å². The van der Waals surface area contributed by atoms with Crippen molar-refractivity contribution in [2.24, 2.45) is 11.8 Å². The number of benzene rings is 1. The van der Waals surface area contributed by atoms with Crippen molar-refractivity contribution in [3.63, 3.8) is 0 Å². The average Bonchev–Trinajstić information content (AvgIpc) is 3.42. The molecule has 0 aromatic heterocycles. The summed E-state index contributed by atoms with van der Waals surface area (Å²) in [5, 5.41) is 11.7. The van der Waals surface area contributed by atoms with Gasteiger partial charge >= 0.3 is 5.97 Å². The number of carbonyl (C=O) groups is 1. The molecule has 5 nitrogen and oxygen atoms in total. The van der Waals surface area contributed by atoms with E-state index in [1.54, 1.807) is 6.21 Å². The number of ether oxygens (including phenoxy) is 2. The average molecular weight is 427 g/mol. The van der Waals surface area contributed by atoms with Gasteiger partial charge in [0.15, 0.2) is 23.3 Å². The van der Waals surface area contributed by atoms with Crippen LogP contribution in [0.2, 0.25) is 0 Å². The summed E-state index contributed by atoms with van der Waals surface area (Å²) in [6, 6.07) is 3.85. The summed E-state index contributed by atoms with van der Waals surface area (Å²) in [7, 11) is 1.81. The van der Waals surface area contributed by atoms with E-state index in [0.717, 1.165) is 36.3 Å². The van der Waals surface area contributed by atoms with Gasteiger partial charge in [0.05, 0.1) is 11.3 Å². The first-order valence-corrected chi connectivity index (χ1v) is 11.7. The zero-order chi connectivity index (χ0) is 22.4. The SMILES string of the molecule is C=C1CCC(O)(C=[NH+]C)C23CCCc4ccc(OC(=O)C(C)C)c(c42)OC13.CC1CC1. The Balaban J connectivity index is 0.000000520. The lowest BCUT2D eigenvalue weighted by Gasteiger charge is -2.50. The van der Waals surface area contributed by atoms with Gasteiger partial charge in [-0.25, -0.2) is 0 Å². The fraction of sp³-hybridized carbons (Fsp3) is 0.615. The lowest BCUT2D eigenvalue weighted by atomic mass is 9.53. The highest BCUT2D eigenvalue weighted by Crippen LogP contribution is 2.62. The molecule has 0 amide bonds. The van der Waals surface area contributed by atoms with Crippen LogP contribution in [0, 0.1) is 11.8 Å². The van der Waals surface area contributed by atoms with E-state index >= 15 is 0 Å². The second-order valence-electron chi connectivity index (χ2n) is 10.0. The van der Waals surface area contributed by atoms with Crippen molar-refractivity contribution in [2.75, 3.05) is 7.05 Å². The molecule has 1 aromatic carbocycles. The first kappa shape index (κ1) is 22.1. The van der Waals surface area contributed by atoms with Gasteiger partial charge in [0, 0.05) is 5.56 Å². The third-order valence-corrected chi connectivity index (χ3v) is 7.26. The van der Waals surface area contributed by atoms with Crippen LogP contribution in [0.4, 0.5) is 0 Å². The minimum Gasteiger partial charge on any atom is -0.481 e. The minimum absolute atomic E-state index is 0.226. The number of esters is 1. The number of carbonyl (C=O) groups excluding carboxylic acids is 1. The molecule has 1 spiro atoms. The van der Waals surface area contributed by atoms with E-state index in [4.69, 9.17) is 9.47 Å². The summed E-state index contributed by atoms with van der Waals surface area (Å²) in [5.41, 5.74) is 1.53. The lowest BCUT2D eigenvalue weighted by Crippen LogP contribution is -2.74. The first-order chi connectivity index (χ1) is 14.7. The highest BCUT2D eigenvalue weighted by Gasteiger charge is 2.66. The van der Waals surface area contributed by atoms with Gasteiger partial charge in [0.2, 0.25) is 0 Å². The molecule has 0 saturated heterocycles. The van der Waals surface area contributed by atoms with E-state index in [9.17, 15) is 9.90 Å². The Bertz CT molecular complexity index is 916. The lowest BCUT2D eigenvalue weighted by molar-refractivity contribution is -0.421. The number of rotatable bonds is 3. The number of nitrogens with one attached hydrogen (secondary N) is 1. The number of hydrogen-bond acceptors (Lipinski definition) is 4.